The van der Waals surface area contributed by atoms with Gasteiger partial charge in [0.25, 0.3) is 5.56 Å². The zero-order valence-electron chi connectivity index (χ0n) is 17.3. The Bertz CT molecular complexity index is 1340. The van der Waals surface area contributed by atoms with E-state index in [-0.39, 0.29) is 18.0 Å². The summed E-state index contributed by atoms with van der Waals surface area (Å²) in [5.74, 6) is -0.312. The number of carbonyl (C=O) groups excluding carboxylic acids is 1. The highest BCUT2D eigenvalue weighted by Crippen LogP contribution is 2.31. The van der Waals surface area contributed by atoms with Gasteiger partial charge in [0.15, 0.2) is 5.52 Å². The highest BCUT2D eigenvalue weighted by molar-refractivity contribution is 7.19. The number of aryl methyl sites for hydroxylation is 4. The van der Waals surface area contributed by atoms with Gasteiger partial charge in [-0.1, -0.05) is 35.9 Å². The fourth-order valence-corrected chi connectivity index (χ4v) is 4.40. The second kappa shape index (κ2) is 7.84. The Labute approximate surface area is 178 Å². The van der Waals surface area contributed by atoms with Crippen molar-refractivity contribution in [2.75, 3.05) is 5.32 Å². The third-order valence-corrected chi connectivity index (χ3v) is 5.82. The van der Waals surface area contributed by atoms with Crippen molar-refractivity contribution in [2.24, 2.45) is 0 Å². The number of thiazole rings is 1. The molecule has 0 saturated carbocycles. The van der Waals surface area contributed by atoms with Crippen molar-refractivity contribution in [3.63, 3.8) is 0 Å². The molecular weight excluding hydrogens is 396 g/mol. The smallest absolute Gasteiger partial charge is 0.294 e. The summed E-state index contributed by atoms with van der Waals surface area (Å²) in [5, 5.41) is 8.21. The molecule has 30 heavy (non-hydrogen) atoms. The molecule has 2 aromatic carbocycles. The fraction of sp³-hybridized carbons (Fsp3) is 0.217. The molecule has 0 aliphatic rings. The van der Waals surface area contributed by atoms with Crippen LogP contribution < -0.4 is 10.9 Å². The number of amides is 1. The van der Waals surface area contributed by atoms with E-state index in [0.29, 0.717) is 16.9 Å². The number of hydrogen-bond acceptors (Lipinski definition) is 5. The van der Waals surface area contributed by atoms with Gasteiger partial charge < -0.3 is 5.32 Å². The maximum absolute atomic E-state index is 13.0. The highest BCUT2D eigenvalue weighted by atomic mass is 32.1. The van der Waals surface area contributed by atoms with E-state index in [0.717, 1.165) is 32.0 Å². The van der Waals surface area contributed by atoms with Gasteiger partial charge in [-0.15, -0.1) is 11.3 Å². The van der Waals surface area contributed by atoms with Crippen LogP contribution >= 0.6 is 11.3 Å². The van der Waals surface area contributed by atoms with Crippen LogP contribution in [0.25, 0.3) is 21.5 Å². The molecule has 4 rings (SSSR count). The third kappa shape index (κ3) is 3.89. The van der Waals surface area contributed by atoms with E-state index < -0.39 is 0 Å². The van der Waals surface area contributed by atoms with Gasteiger partial charge in [-0.05, 0) is 51.0 Å². The van der Waals surface area contributed by atoms with Gasteiger partial charge in [-0.2, -0.15) is 5.10 Å². The van der Waals surface area contributed by atoms with Crippen LogP contribution in [-0.4, -0.2) is 20.7 Å². The molecule has 0 radical (unpaired) electrons. The Hall–Kier alpha value is -3.32. The van der Waals surface area contributed by atoms with Crippen LogP contribution in [0.2, 0.25) is 0 Å². The molecule has 1 amide bonds. The molecule has 0 saturated heterocycles. The van der Waals surface area contributed by atoms with Crippen molar-refractivity contribution in [1.29, 1.82) is 0 Å². The number of nitrogens with zero attached hydrogens (tertiary/aromatic N) is 3. The molecule has 2 heterocycles. The number of fused-ring (bicyclic) bond motifs is 1. The van der Waals surface area contributed by atoms with Gasteiger partial charge in [0.2, 0.25) is 5.91 Å². The molecule has 0 aliphatic carbocycles. The van der Waals surface area contributed by atoms with E-state index in [1.807, 2.05) is 64.1 Å². The number of hydrogen-bond donors (Lipinski definition) is 1. The second-order valence-corrected chi connectivity index (χ2v) is 8.66. The van der Waals surface area contributed by atoms with Crippen molar-refractivity contribution in [3.05, 3.63) is 74.5 Å². The molecule has 0 fully saturated rings. The zero-order valence-corrected chi connectivity index (χ0v) is 18.1. The minimum absolute atomic E-state index is 0.183. The first-order valence-electron chi connectivity index (χ1n) is 9.64. The molecule has 0 spiro atoms. The number of carbonyl (C=O) groups is 1. The van der Waals surface area contributed by atoms with E-state index >= 15 is 0 Å². The number of benzene rings is 2. The number of nitrogens with one attached hydrogen (secondary N) is 1. The van der Waals surface area contributed by atoms with E-state index in [9.17, 15) is 9.59 Å². The summed E-state index contributed by atoms with van der Waals surface area (Å²) in [4.78, 5) is 30.0. The third-order valence-electron chi connectivity index (χ3n) is 4.84. The molecule has 6 nitrogen and oxygen atoms in total. The highest BCUT2D eigenvalue weighted by Gasteiger charge is 2.19. The van der Waals surface area contributed by atoms with Gasteiger partial charge in [0.05, 0.1) is 9.71 Å². The molecule has 7 heteroatoms. The maximum atomic E-state index is 13.0. The molecule has 2 aromatic heterocycles. The van der Waals surface area contributed by atoms with E-state index in [4.69, 9.17) is 0 Å². The van der Waals surface area contributed by atoms with Gasteiger partial charge in [-0.25, -0.2) is 9.67 Å². The topological polar surface area (TPSA) is 76.9 Å². The van der Waals surface area contributed by atoms with Crippen LogP contribution in [0.4, 0.5) is 5.69 Å². The standard InChI is InChI=1S/C23H22N4O2S/c1-13-6-5-7-17(11-13)25-19(28)12-27-23(29)21-22(30-16(4)24-21)20(26-27)18-9-8-14(2)10-15(18)3/h5-11H,12H2,1-4H3,(H,25,28). The minimum atomic E-state index is -0.359. The Morgan fingerprint density at radius 2 is 1.83 bits per heavy atom. The SMILES string of the molecule is Cc1cccc(NC(=O)Cn2nc(-c3ccc(C)cc3C)c3sc(C)nc3c2=O)c1. The van der Waals surface area contributed by atoms with Crippen LogP contribution in [0.3, 0.4) is 0 Å². The van der Waals surface area contributed by atoms with Crippen LogP contribution in [0, 0.1) is 27.7 Å². The van der Waals surface area contributed by atoms with Crippen molar-refractivity contribution in [2.45, 2.75) is 34.2 Å². The van der Waals surface area contributed by atoms with Crippen molar-refractivity contribution in [1.82, 2.24) is 14.8 Å². The average Bonchev–Trinajstić information content (AvgIpc) is 3.06. The average molecular weight is 419 g/mol. The first kappa shape index (κ1) is 20.0. The maximum Gasteiger partial charge on any atom is 0.294 e. The van der Waals surface area contributed by atoms with Crippen LogP contribution in [0.1, 0.15) is 21.7 Å². The monoisotopic (exact) mass is 418 g/mol. The zero-order chi connectivity index (χ0) is 21.4. The molecule has 4 aromatic rings. The van der Waals surface area contributed by atoms with Crippen LogP contribution in [-0.2, 0) is 11.3 Å². The summed E-state index contributed by atoms with van der Waals surface area (Å²) in [7, 11) is 0. The molecule has 1 N–H and O–H groups in total. The van der Waals surface area contributed by atoms with E-state index in [2.05, 4.69) is 21.5 Å². The lowest BCUT2D eigenvalue weighted by Gasteiger charge is -2.11. The predicted octanol–water partition coefficient (Wildman–Crippen LogP) is 4.39. The van der Waals surface area contributed by atoms with Crippen molar-refractivity contribution < 1.29 is 4.79 Å². The summed E-state index contributed by atoms with van der Waals surface area (Å²) in [6.07, 6.45) is 0. The van der Waals surface area contributed by atoms with Gasteiger partial charge in [-0.3, -0.25) is 9.59 Å². The second-order valence-electron chi connectivity index (χ2n) is 7.46. The lowest BCUT2D eigenvalue weighted by molar-refractivity contribution is -0.117. The van der Waals surface area contributed by atoms with Crippen molar-refractivity contribution in [3.8, 4) is 11.3 Å². The van der Waals surface area contributed by atoms with E-state index in [1.165, 1.54) is 16.0 Å². The molecule has 0 aliphatic heterocycles. The largest absolute Gasteiger partial charge is 0.324 e. The molecular formula is C23H22N4O2S. The quantitative estimate of drug-likeness (QED) is 0.533. The number of anilines is 1. The summed E-state index contributed by atoms with van der Waals surface area (Å²) in [6, 6.07) is 13.6. The number of aromatic nitrogens is 3. The lowest BCUT2D eigenvalue weighted by Crippen LogP contribution is -2.30. The Balaban J connectivity index is 1.77. The lowest BCUT2D eigenvalue weighted by atomic mass is 10.0. The Morgan fingerprint density at radius 3 is 2.57 bits per heavy atom. The number of rotatable bonds is 4. The van der Waals surface area contributed by atoms with Crippen LogP contribution in [0.15, 0.2) is 47.3 Å². The summed E-state index contributed by atoms with van der Waals surface area (Å²) >= 11 is 1.44. The summed E-state index contributed by atoms with van der Waals surface area (Å²) in [6.45, 7) is 7.69. The van der Waals surface area contributed by atoms with Gasteiger partial charge >= 0.3 is 0 Å². The molecule has 0 bridgehead atoms. The first-order valence-corrected chi connectivity index (χ1v) is 10.5. The molecule has 0 atom stereocenters. The van der Waals surface area contributed by atoms with Crippen LogP contribution in [0.5, 0.6) is 0 Å². The van der Waals surface area contributed by atoms with Crippen molar-refractivity contribution >= 4 is 33.1 Å². The minimum Gasteiger partial charge on any atom is -0.324 e. The Kier molecular flexibility index (Phi) is 5.22. The molecule has 0 unspecified atom stereocenters. The van der Waals surface area contributed by atoms with E-state index in [1.54, 1.807) is 0 Å². The Morgan fingerprint density at radius 1 is 1.07 bits per heavy atom. The van der Waals surface area contributed by atoms with Gasteiger partial charge in [0, 0.05) is 11.3 Å². The first-order chi connectivity index (χ1) is 14.3. The normalized spacial score (nSPS) is 11.1. The van der Waals surface area contributed by atoms with Gasteiger partial charge in [0.1, 0.15) is 12.2 Å². The fourth-order valence-electron chi connectivity index (χ4n) is 3.49. The summed E-state index contributed by atoms with van der Waals surface area (Å²) in [5.41, 5.74) is 5.54. The summed E-state index contributed by atoms with van der Waals surface area (Å²) < 4.78 is 1.96. The molecule has 152 valence electrons. The predicted molar refractivity (Wildman–Crippen MR) is 121 cm³/mol.